The van der Waals surface area contributed by atoms with E-state index in [1.807, 2.05) is 6.92 Å². The van der Waals surface area contributed by atoms with Crippen molar-refractivity contribution >= 4 is 33.0 Å². The van der Waals surface area contributed by atoms with Crippen molar-refractivity contribution in [1.29, 1.82) is 0 Å². The number of aliphatic hydroxyl groups is 1. The largest absolute Gasteiger partial charge is 0.508 e. The van der Waals surface area contributed by atoms with Gasteiger partial charge < -0.3 is 25.2 Å². The first-order valence-corrected chi connectivity index (χ1v) is 11.9. The first kappa shape index (κ1) is 23.4. The number of hydrogen-bond acceptors (Lipinski definition) is 6. The number of hydrogen-bond donors (Lipinski definition) is 3. The Balaban J connectivity index is 1.63. The first-order chi connectivity index (χ1) is 14.8. The molecule has 0 saturated carbocycles. The molecular weight excluding hydrogens is 438 g/mol. The molecule has 0 aromatic heterocycles. The fourth-order valence-corrected chi connectivity index (χ4v) is 4.98. The van der Waals surface area contributed by atoms with Gasteiger partial charge in [0.05, 0.1) is 30.8 Å². The minimum Gasteiger partial charge on any atom is -0.508 e. The van der Waals surface area contributed by atoms with Gasteiger partial charge in [0.25, 0.3) is 0 Å². The highest BCUT2D eigenvalue weighted by molar-refractivity contribution is 7.89. The number of sulfonamides is 1. The molecule has 2 aromatic rings. The summed E-state index contributed by atoms with van der Waals surface area (Å²) in [7, 11) is -3.55. The number of morpholine rings is 1. The van der Waals surface area contributed by atoms with E-state index in [9.17, 15) is 18.6 Å². The molecule has 1 atom stereocenters. The quantitative estimate of drug-likeness (QED) is 0.535. The van der Waals surface area contributed by atoms with Gasteiger partial charge >= 0.3 is 0 Å². The number of rotatable bonds is 7. The van der Waals surface area contributed by atoms with Crippen LogP contribution in [0.5, 0.6) is 5.75 Å². The molecule has 1 fully saturated rings. The molecule has 0 aliphatic carbocycles. The number of phenolic OH excluding ortho intramolecular Hbond substituents is 1. The summed E-state index contributed by atoms with van der Waals surface area (Å²) in [5, 5.41) is 23.6. The number of nitrogens with zero attached hydrogens (tertiary/aromatic N) is 2. The van der Waals surface area contributed by atoms with E-state index < -0.39 is 16.1 Å². The number of ether oxygens (including phenoxy) is 1. The zero-order chi connectivity index (χ0) is 22.4. The number of aromatic hydroxyl groups is 1. The number of aliphatic hydroxyl groups excluding tert-OH is 1. The molecule has 1 aliphatic heterocycles. The van der Waals surface area contributed by atoms with E-state index in [1.165, 1.54) is 10.4 Å². The minimum absolute atomic E-state index is 0.0902. The van der Waals surface area contributed by atoms with Gasteiger partial charge in [-0.2, -0.15) is 4.31 Å². The van der Waals surface area contributed by atoms with Crippen LogP contribution in [-0.2, 0) is 14.8 Å². The standard InChI is InChI=1S/C21H27N3O5S2/c1-2-23(15-20(26)16-4-3-5-18(25)14-16)21(30)22-17-6-8-19(9-7-17)31(27,28)24-10-12-29-13-11-24/h3-9,14,20,25-26H,2,10-13,15H2,1H3,(H,22,30)/t20-/m1/s1. The molecule has 1 saturated heterocycles. The maximum absolute atomic E-state index is 12.7. The molecule has 1 heterocycles. The summed E-state index contributed by atoms with van der Waals surface area (Å²) in [6.45, 7) is 4.21. The van der Waals surface area contributed by atoms with Gasteiger partial charge in [0.1, 0.15) is 5.75 Å². The van der Waals surface area contributed by atoms with E-state index in [4.69, 9.17) is 17.0 Å². The van der Waals surface area contributed by atoms with Gasteiger partial charge in [0.15, 0.2) is 5.11 Å². The molecule has 31 heavy (non-hydrogen) atoms. The van der Waals surface area contributed by atoms with E-state index >= 15 is 0 Å². The van der Waals surface area contributed by atoms with Crippen LogP contribution in [0.15, 0.2) is 53.4 Å². The third-order valence-electron chi connectivity index (χ3n) is 5.03. The van der Waals surface area contributed by atoms with Crippen molar-refractivity contribution in [2.45, 2.75) is 17.9 Å². The summed E-state index contributed by atoms with van der Waals surface area (Å²) in [6, 6.07) is 12.9. The minimum atomic E-state index is -3.55. The zero-order valence-electron chi connectivity index (χ0n) is 17.3. The second kappa shape index (κ2) is 10.4. The van der Waals surface area contributed by atoms with E-state index in [1.54, 1.807) is 47.4 Å². The lowest BCUT2D eigenvalue weighted by Crippen LogP contribution is -2.40. The van der Waals surface area contributed by atoms with Crippen molar-refractivity contribution < 1.29 is 23.4 Å². The molecule has 3 N–H and O–H groups in total. The topological polar surface area (TPSA) is 102 Å². The molecule has 0 radical (unpaired) electrons. The van der Waals surface area contributed by atoms with Crippen molar-refractivity contribution in [3.05, 3.63) is 54.1 Å². The number of likely N-dealkylation sites (N-methyl/N-ethyl adjacent to an activating group) is 1. The molecule has 8 nitrogen and oxygen atoms in total. The van der Waals surface area contributed by atoms with Gasteiger partial charge in [-0.05, 0) is 61.1 Å². The fraction of sp³-hybridized carbons (Fsp3) is 0.381. The molecule has 1 aliphatic rings. The average molecular weight is 466 g/mol. The van der Waals surface area contributed by atoms with Crippen LogP contribution in [-0.4, -0.2) is 72.3 Å². The average Bonchev–Trinajstić information content (AvgIpc) is 2.78. The van der Waals surface area contributed by atoms with Gasteiger partial charge in [-0.3, -0.25) is 0 Å². The number of phenols is 1. The van der Waals surface area contributed by atoms with Crippen LogP contribution < -0.4 is 5.32 Å². The molecule has 0 amide bonds. The smallest absolute Gasteiger partial charge is 0.243 e. The zero-order valence-corrected chi connectivity index (χ0v) is 18.9. The lowest BCUT2D eigenvalue weighted by molar-refractivity contribution is 0.0730. The number of benzene rings is 2. The Hall–Kier alpha value is -2.24. The highest BCUT2D eigenvalue weighted by atomic mass is 32.2. The van der Waals surface area contributed by atoms with Crippen LogP contribution in [0.25, 0.3) is 0 Å². The number of thiocarbonyl (C=S) groups is 1. The van der Waals surface area contributed by atoms with Crippen molar-refractivity contribution in [2.75, 3.05) is 44.7 Å². The van der Waals surface area contributed by atoms with E-state index in [2.05, 4.69) is 5.32 Å². The van der Waals surface area contributed by atoms with Crippen LogP contribution >= 0.6 is 12.2 Å². The van der Waals surface area contributed by atoms with Crippen LogP contribution in [0, 0.1) is 0 Å². The number of anilines is 1. The van der Waals surface area contributed by atoms with Crippen molar-refractivity contribution in [2.24, 2.45) is 0 Å². The fourth-order valence-electron chi connectivity index (χ4n) is 3.25. The molecule has 10 heteroatoms. The third kappa shape index (κ3) is 5.92. The Kier molecular flexibility index (Phi) is 7.84. The van der Waals surface area contributed by atoms with Crippen LogP contribution in [0.3, 0.4) is 0 Å². The number of nitrogens with one attached hydrogen (secondary N) is 1. The highest BCUT2D eigenvalue weighted by Crippen LogP contribution is 2.21. The summed E-state index contributed by atoms with van der Waals surface area (Å²) in [6.07, 6.45) is -0.826. The predicted molar refractivity (Wildman–Crippen MR) is 123 cm³/mol. The molecule has 3 rings (SSSR count). The molecule has 0 spiro atoms. The third-order valence-corrected chi connectivity index (χ3v) is 7.30. The van der Waals surface area contributed by atoms with Crippen LogP contribution in [0.2, 0.25) is 0 Å². The van der Waals surface area contributed by atoms with Gasteiger partial charge in [-0.15, -0.1) is 0 Å². The first-order valence-electron chi connectivity index (χ1n) is 10.0. The van der Waals surface area contributed by atoms with Crippen molar-refractivity contribution in [1.82, 2.24) is 9.21 Å². The lowest BCUT2D eigenvalue weighted by atomic mass is 10.1. The Morgan fingerprint density at radius 3 is 2.52 bits per heavy atom. The van der Waals surface area contributed by atoms with Gasteiger partial charge in [-0.1, -0.05) is 12.1 Å². The Labute approximate surface area is 188 Å². The summed E-state index contributed by atoms with van der Waals surface area (Å²) in [5.74, 6) is 0.0902. The van der Waals surface area contributed by atoms with Crippen molar-refractivity contribution in [3.8, 4) is 5.75 Å². The highest BCUT2D eigenvalue weighted by Gasteiger charge is 2.26. The molecule has 2 aromatic carbocycles. The Morgan fingerprint density at radius 2 is 1.90 bits per heavy atom. The monoisotopic (exact) mass is 465 g/mol. The Morgan fingerprint density at radius 1 is 1.23 bits per heavy atom. The van der Waals surface area contributed by atoms with Gasteiger partial charge in [0.2, 0.25) is 10.0 Å². The maximum atomic E-state index is 12.7. The maximum Gasteiger partial charge on any atom is 0.243 e. The lowest BCUT2D eigenvalue weighted by Gasteiger charge is -2.27. The molecule has 0 unspecified atom stereocenters. The summed E-state index contributed by atoms with van der Waals surface area (Å²) in [5.41, 5.74) is 1.25. The molecule has 168 valence electrons. The summed E-state index contributed by atoms with van der Waals surface area (Å²) < 4.78 is 32.1. The van der Waals surface area contributed by atoms with Gasteiger partial charge in [-0.25, -0.2) is 8.42 Å². The summed E-state index contributed by atoms with van der Waals surface area (Å²) in [4.78, 5) is 2.01. The summed E-state index contributed by atoms with van der Waals surface area (Å²) >= 11 is 5.47. The van der Waals surface area contributed by atoms with E-state index in [0.717, 1.165) is 0 Å². The van der Waals surface area contributed by atoms with E-state index in [0.29, 0.717) is 49.2 Å². The second-order valence-electron chi connectivity index (χ2n) is 7.12. The van der Waals surface area contributed by atoms with Crippen LogP contribution in [0.4, 0.5) is 5.69 Å². The predicted octanol–water partition coefficient (Wildman–Crippen LogP) is 2.17. The molecule has 0 bridgehead atoms. The Bertz CT molecular complexity index is 992. The second-order valence-corrected chi connectivity index (χ2v) is 9.45. The normalized spacial score (nSPS) is 15.9. The molecular formula is C21H27N3O5S2. The van der Waals surface area contributed by atoms with Crippen LogP contribution in [0.1, 0.15) is 18.6 Å². The van der Waals surface area contributed by atoms with Gasteiger partial charge in [0, 0.05) is 25.3 Å². The van der Waals surface area contributed by atoms with E-state index in [-0.39, 0.29) is 17.2 Å². The van der Waals surface area contributed by atoms with Crippen molar-refractivity contribution in [3.63, 3.8) is 0 Å². The SMILES string of the molecule is CCN(C[C@@H](O)c1cccc(O)c1)C(=S)Nc1ccc(S(=O)(=O)N2CCOCC2)cc1.